The topological polar surface area (TPSA) is 24.9 Å². The normalized spacial score (nSPS) is 10.5. The van der Waals surface area contributed by atoms with E-state index in [1.165, 1.54) is 12.1 Å². The van der Waals surface area contributed by atoms with Crippen LogP contribution in [0, 0.1) is 24.4 Å². The first-order chi connectivity index (χ1) is 9.06. The standard InChI is InChI=1S/C14H13F3N2/c1-9-6-11(15)3-2-10(9)4-5-18-14-13(17)7-12(16)8-19-14/h2-3,6-8H,4-5H2,1H3,(H,18,19). The van der Waals surface area contributed by atoms with Gasteiger partial charge in [0.05, 0.1) is 6.20 Å². The monoisotopic (exact) mass is 266 g/mol. The average molecular weight is 266 g/mol. The van der Waals surface area contributed by atoms with Crippen LogP contribution >= 0.6 is 0 Å². The lowest BCUT2D eigenvalue weighted by Gasteiger charge is -2.08. The summed E-state index contributed by atoms with van der Waals surface area (Å²) >= 11 is 0. The van der Waals surface area contributed by atoms with Crippen molar-refractivity contribution in [3.8, 4) is 0 Å². The average Bonchev–Trinajstić information content (AvgIpc) is 2.34. The Morgan fingerprint density at radius 3 is 2.58 bits per heavy atom. The fourth-order valence-electron chi connectivity index (χ4n) is 1.80. The predicted octanol–water partition coefficient (Wildman–Crippen LogP) is 3.46. The molecule has 0 bridgehead atoms. The highest BCUT2D eigenvalue weighted by atomic mass is 19.1. The number of nitrogens with one attached hydrogen (secondary N) is 1. The third-order valence-corrected chi connectivity index (χ3v) is 2.80. The Bertz CT molecular complexity index is 533. The van der Waals surface area contributed by atoms with Crippen molar-refractivity contribution in [1.29, 1.82) is 0 Å². The first-order valence-electron chi connectivity index (χ1n) is 5.86. The van der Waals surface area contributed by atoms with Gasteiger partial charge >= 0.3 is 0 Å². The van der Waals surface area contributed by atoms with E-state index >= 15 is 0 Å². The van der Waals surface area contributed by atoms with E-state index in [9.17, 15) is 13.2 Å². The molecule has 0 atom stereocenters. The highest BCUT2D eigenvalue weighted by Crippen LogP contribution is 2.13. The molecule has 0 saturated heterocycles. The van der Waals surface area contributed by atoms with Gasteiger partial charge in [0.15, 0.2) is 11.6 Å². The molecule has 2 aromatic rings. The van der Waals surface area contributed by atoms with Crippen LogP contribution in [0.4, 0.5) is 19.0 Å². The Labute approximate surface area is 109 Å². The summed E-state index contributed by atoms with van der Waals surface area (Å²) in [5.74, 6) is -1.70. The summed E-state index contributed by atoms with van der Waals surface area (Å²) in [6.45, 7) is 2.25. The summed E-state index contributed by atoms with van der Waals surface area (Å²) in [4.78, 5) is 3.62. The minimum atomic E-state index is -0.726. The van der Waals surface area contributed by atoms with Gasteiger partial charge in [-0.1, -0.05) is 6.07 Å². The summed E-state index contributed by atoms with van der Waals surface area (Å²) in [5.41, 5.74) is 1.81. The molecule has 1 heterocycles. The minimum Gasteiger partial charge on any atom is -0.367 e. The molecule has 0 aliphatic heterocycles. The van der Waals surface area contributed by atoms with Gasteiger partial charge in [-0.05, 0) is 36.6 Å². The quantitative estimate of drug-likeness (QED) is 0.916. The van der Waals surface area contributed by atoms with Gasteiger partial charge in [-0.2, -0.15) is 0 Å². The fourth-order valence-corrected chi connectivity index (χ4v) is 1.80. The number of benzene rings is 1. The van der Waals surface area contributed by atoms with Gasteiger partial charge < -0.3 is 5.32 Å². The maximum absolute atomic E-state index is 13.3. The minimum absolute atomic E-state index is 0.0150. The van der Waals surface area contributed by atoms with Gasteiger partial charge in [0.25, 0.3) is 0 Å². The van der Waals surface area contributed by atoms with Crippen molar-refractivity contribution in [3.05, 3.63) is 59.0 Å². The van der Waals surface area contributed by atoms with Crippen molar-refractivity contribution in [2.45, 2.75) is 13.3 Å². The molecule has 1 aromatic carbocycles. The van der Waals surface area contributed by atoms with Crippen LogP contribution in [0.3, 0.4) is 0 Å². The number of hydrogen-bond acceptors (Lipinski definition) is 2. The van der Waals surface area contributed by atoms with E-state index in [1.807, 2.05) is 6.92 Å². The second kappa shape index (κ2) is 5.73. The zero-order valence-corrected chi connectivity index (χ0v) is 10.4. The highest BCUT2D eigenvalue weighted by Gasteiger charge is 2.05. The molecule has 0 radical (unpaired) electrons. The van der Waals surface area contributed by atoms with Crippen molar-refractivity contribution >= 4 is 5.82 Å². The molecule has 100 valence electrons. The molecule has 1 N–H and O–H groups in total. The number of hydrogen-bond donors (Lipinski definition) is 1. The maximum atomic E-state index is 13.3. The zero-order chi connectivity index (χ0) is 13.8. The lowest BCUT2D eigenvalue weighted by molar-refractivity contribution is 0.575. The first-order valence-corrected chi connectivity index (χ1v) is 5.86. The Morgan fingerprint density at radius 1 is 1.11 bits per heavy atom. The number of rotatable bonds is 4. The summed E-state index contributed by atoms with van der Waals surface area (Å²) in [7, 11) is 0. The Balaban J connectivity index is 1.96. The molecule has 5 heteroatoms. The number of anilines is 1. The van der Waals surface area contributed by atoms with E-state index in [1.54, 1.807) is 6.07 Å². The van der Waals surface area contributed by atoms with E-state index < -0.39 is 11.6 Å². The lowest BCUT2D eigenvalue weighted by atomic mass is 10.1. The van der Waals surface area contributed by atoms with Crippen LogP contribution in [0.2, 0.25) is 0 Å². The van der Waals surface area contributed by atoms with Gasteiger partial charge in [-0.15, -0.1) is 0 Å². The van der Waals surface area contributed by atoms with Crippen LogP contribution in [-0.4, -0.2) is 11.5 Å². The number of aromatic nitrogens is 1. The molecule has 19 heavy (non-hydrogen) atoms. The molecule has 2 rings (SSSR count). The summed E-state index contributed by atoms with van der Waals surface area (Å²) in [5, 5.41) is 2.78. The Kier molecular flexibility index (Phi) is 4.04. The number of halogens is 3. The van der Waals surface area contributed by atoms with Gasteiger partial charge in [0.1, 0.15) is 11.6 Å². The molecule has 0 amide bonds. The van der Waals surface area contributed by atoms with Gasteiger partial charge in [0.2, 0.25) is 0 Å². The van der Waals surface area contributed by atoms with Crippen LogP contribution in [0.1, 0.15) is 11.1 Å². The van der Waals surface area contributed by atoms with E-state index in [4.69, 9.17) is 0 Å². The lowest BCUT2D eigenvalue weighted by Crippen LogP contribution is -2.09. The first kappa shape index (κ1) is 13.4. The van der Waals surface area contributed by atoms with Crippen molar-refractivity contribution in [1.82, 2.24) is 4.98 Å². The summed E-state index contributed by atoms with van der Waals surface area (Å²) < 4.78 is 38.9. The van der Waals surface area contributed by atoms with Gasteiger partial charge in [-0.3, -0.25) is 0 Å². The molecule has 0 aliphatic rings. The van der Waals surface area contributed by atoms with Crippen LogP contribution in [-0.2, 0) is 6.42 Å². The second-order valence-electron chi connectivity index (χ2n) is 4.23. The smallest absolute Gasteiger partial charge is 0.168 e. The number of pyridine rings is 1. The van der Waals surface area contributed by atoms with E-state index in [-0.39, 0.29) is 11.6 Å². The van der Waals surface area contributed by atoms with Crippen molar-refractivity contribution < 1.29 is 13.2 Å². The zero-order valence-electron chi connectivity index (χ0n) is 10.4. The molecular weight excluding hydrogens is 253 g/mol. The molecular formula is C14H13F3N2. The Hall–Kier alpha value is -2.04. The van der Waals surface area contributed by atoms with Crippen molar-refractivity contribution in [2.24, 2.45) is 0 Å². The molecule has 0 saturated carbocycles. The van der Waals surface area contributed by atoms with Crippen LogP contribution in [0.25, 0.3) is 0 Å². The summed E-state index contributed by atoms with van der Waals surface area (Å²) in [6.07, 6.45) is 1.55. The number of aryl methyl sites for hydroxylation is 1. The third-order valence-electron chi connectivity index (χ3n) is 2.80. The highest BCUT2D eigenvalue weighted by molar-refractivity contribution is 5.36. The maximum Gasteiger partial charge on any atom is 0.168 e. The molecule has 2 nitrogen and oxygen atoms in total. The largest absolute Gasteiger partial charge is 0.367 e. The van der Waals surface area contributed by atoms with Crippen LogP contribution in [0.15, 0.2) is 30.5 Å². The second-order valence-corrected chi connectivity index (χ2v) is 4.23. The van der Waals surface area contributed by atoms with E-state index in [0.29, 0.717) is 13.0 Å². The van der Waals surface area contributed by atoms with E-state index in [0.717, 1.165) is 23.4 Å². The van der Waals surface area contributed by atoms with Crippen molar-refractivity contribution in [3.63, 3.8) is 0 Å². The van der Waals surface area contributed by atoms with Crippen LogP contribution < -0.4 is 5.32 Å². The molecule has 1 aromatic heterocycles. The summed E-state index contributed by atoms with van der Waals surface area (Å²) in [6, 6.07) is 5.31. The predicted molar refractivity (Wildman–Crippen MR) is 67.5 cm³/mol. The van der Waals surface area contributed by atoms with Crippen LogP contribution in [0.5, 0.6) is 0 Å². The fraction of sp³-hybridized carbons (Fsp3) is 0.214. The molecule has 0 unspecified atom stereocenters. The number of nitrogens with zero attached hydrogens (tertiary/aromatic N) is 1. The van der Waals surface area contributed by atoms with E-state index in [2.05, 4.69) is 10.3 Å². The van der Waals surface area contributed by atoms with Gasteiger partial charge in [-0.25, -0.2) is 18.2 Å². The van der Waals surface area contributed by atoms with Crippen molar-refractivity contribution in [2.75, 3.05) is 11.9 Å². The third kappa shape index (κ3) is 3.47. The molecule has 0 aliphatic carbocycles. The molecule has 0 spiro atoms. The molecule has 0 fully saturated rings. The van der Waals surface area contributed by atoms with Gasteiger partial charge in [0, 0.05) is 12.6 Å². The SMILES string of the molecule is Cc1cc(F)ccc1CCNc1ncc(F)cc1F. The Morgan fingerprint density at radius 2 is 1.89 bits per heavy atom.